The van der Waals surface area contributed by atoms with Crippen molar-refractivity contribution in [1.82, 2.24) is 5.32 Å². The molecule has 0 saturated heterocycles. The van der Waals surface area contributed by atoms with Crippen LogP contribution in [-0.2, 0) is 9.59 Å². The van der Waals surface area contributed by atoms with E-state index in [1.807, 2.05) is 0 Å². The summed E-state index contributed by atoms with van der Waals surface area (Å²) in [7, 11) is 0. The van der Waals surface area contributed by atoms with Crippen molar-refractivity contribution in [2.75, 3.05) is 5.32 Å². The molecule has 0 spiro atoms. The van der Waals surface area contributed by atoms with E-state index < -0.39 is 23.3 Å². The summed E-state index contributed by atoms with van der Waals surface area (Å²) in [6.07, 6.45) is 0. The monoisotopic (exact) mass is 292 g/mol. The van der Waals surface area contributed by atoms with E-state index in [-0.39, 0.29) is 11.5 Å². The second-order valence-electron chi connectivity index (χ2n) is 5.87. The molecule has 0 radical (unpaired) electrons. The summed E-state index contributed by atoms with van der Waals surface area (Å²) in [4.78, 5) is 34.4. The minimum absolute atomic E-state index is 0.245. The van der Waals surface area contributed by atoms with Crippen LogP contribution in [0.5, 0.6) is 0 Å². The Labute approximate surface area is 123 Å². The highest BCUT2D eigenvalue weighted by molar-refractivity contribution is 5.98. The second kappa shape index (κ2) is 6.39. The van der Waals surface area contributed by atoms with Gasteiger partial charge in [-0.3, -0.25) is 9.59 Å². The van der Waals surface area contributed by atoms with E-state index in [1.54, 1.807) is 39.0 Å². The molecule has 1 rings (SSSR count). The lowest BCUT2D eigenvalue weighted by Crippen LogP contribution is -2.49. The fourth-order valence-corrected chi connectivity index (χ4v) is 1.80. The molecular formula is C15H20N2O4. The Morgan fingerprint density at radius 1 is 1.19 bits per heavy atom. The molecule has 0 bridgehead atoms. The van der Waals surface area contributed by atoms with E-state index in [2.05, 4.69) is 10.6 Å². The van der Waals surface area contributed by atoms with E-state index in [1.165, 1.54) is 13.0 Å². The molecule has 1 atom stereocenters. The summed E-state index contributed by atoms with van der Waals surface area (Å²) >= 11 is 0. The van der Waals surface area contributed by atoms with Crippen LogP contribution in [0.3, 0.4) is 0 Å². The second-order valence-corrected chi connectivity index (χ2v) is 5.87. The van der Waals surface area contributed by atoms with Gasteiger partial charge in [0, 0.05) is 18.2 Å². The zero-order chi connectivity index (χ0) is 16.2. The number of aliphatic carboxylic acids is 1. The molecule has 0 aliphatic rings. The molecule has 0 aromatic heterocycles. The van der Waals surface area contributed by atoms with Gasteiger partial charge in [0.2, 0.25) is 5.91 Å². The van der Waals surface area contributed by atoms with Gasteiger partial charge in [-0.2, -0.15) is 0 Å². The number of hydrogen-bond acceptors (Lipinski definition) is 3. The number of carbonyl (C=O) groups is 3. The molecule has 1 aromatic carbocycles. The minimum atomic E-state index is -1.09. The quantitative estimate of drug-likeness (QED) is 0.789. The highest BCUT2D eigenvalue weighted by atomic mass is 16.4. The highest BCUT2D eigenvalue weighted by Gasteiger charge is 2.32. The lowest BCUT2D eigenvalue weighted by atomic mass is 9.86. The van der Waals surface area contributed by atoms with Gasteiger partial charge in [0.15, 0.2) is 0 Å². The van der Waals surface area contributed by atoms with Gasteiger partial charge < -0.3 is 15.7 Å². The maximum atomic E-state index is 12.2. The minimum Gasteiger partial charge on any atom is -0.480 e. The molecule has 21 heavy (non-hydrogen) atoms. The predicted octanol–water partition coefficient (Wildman–Crippen LogP) is 1.87. The normalized spacial score (nSPS) is 12.4. The van der Waals surface area contributed by atoms with E-state index >= 15 is 0 Å². The SMILES string of the molecule is CC(=O)Nc1cccc(C(=O)NC(C(=O)O)C(C)(C)C)c1. The molecule has 6 nitrogen and oxygen atoms in total. The Balaban J connectivity index is 2.93. The van der Waals surface area contributed by atoms with Crippen molar-refractivity contribution in [3.05, 3.63) is 29.8 Å². The first kappa shape index (κ1) is 16.7. The maximum Gasteiger partial charge on any atom is 0.326 e. The van der Waals surface area contributed by atoms with Gasteiger partial charge in [-0.05, 0) is 23.6 Å². The zero-order valence-electron chi connectivity index (χ0n) is 12.6. The first-order valence-corrected chi connectivity index (χ1v) is 6.52. The van der Waals surface area contributed by atoms with Crippen molar-refractivity contribution in [2.24, 2.45) is 5.41 Å². The predicted molar refractivity (Wildman–Crippen MR) is 79.1 cm³/mol. The van der Waals surface area contributed by atoms with Gasteiger partial charge in [0.05, 0.1) is 0 Å². The molecular weight excluding hydrogens is 272 g/mol. The molecule has 1 unspecified atom stereocenters. The van der Waals surface area contributed by atoms with Crippen LogP contribution in [-0.4, -0.2) is 28.9 Å². The van der Waals surface area contributed by atoms with Crippen molar-refractivity contribution in [3.8, 4) is 0 Å². The number of carbonyl (C=O) groups excluding carboxylic acids is 2. The van der Waals surface area contributed by atoms with Crippen LogP contribution in [0.2, 0.25) is 0 Å². The third-order valence-corrected chi connectivity index (χ3v) is 2.83. The Kier molecular flexibility index (Phi) is 5.07. The lowest BCUT2D eigenvalue weighted by Gasteiger charge is -2.27. The number of hydrogen-bond donors (Lipinski definition) is 3. The van der Waals surface area contributed by atoms with E-state index in [0.717, 1.165) is 0 Å². The molecule has 3 N–H and O–H groups in total. The molecule has 6 heteroatoms. The smallest absolute Gasteiger partial charge is 0.326 e. The molecule has 0 aliphatic heterocycles. The average molecular weight is 292 g/mol. The molecule has 0 heterocycles. The van der Waals surface area contributed by atoms with E-state index in [4.69, 9.17) is 0 Å². The number of anilines is 1. The summed E-state index contributed by atoms with van der Waals surface area (Å²) in [6.45, 7) is 6.58. The van der Waals surface area contributed by atoms with Gasteiger partial charge in [0.1, 0.15) is 6.04 Å². The number of carboxylic acids is 1. The van der Waals surface area contributed by atoms with Gasteiger partial charge >= 0.3 is 5.97 Å². The van der Waals surface area contributed by atoms with Crippen molar-refractivity contribution >= 4 is 23.5 Å². The van der Waals surface area contributed by atoms with Crippen LogP contribution in [0.15, 0.2) is 24.3 Å². The third-order valence-electron chi connectivity index (χ3n) is 2.83. The summed E-state index contributed by atoms with van der Waals surface area (Å²) in [6, 6.07) is 5.32. The largest absolute Gasteiger partial charge is 0.480 e. The Morgan fingerprint density at radius 2 is 1.81 bits per heavy atom. The molecule has 1 aromatic rings. The van der Waals surface area contributed by atoms with Gasteiger partial charge in [-0.25, -0.2) is 4.79 Å². The fourth-order valence-electron chi connectivity index (χ4n) is 1.80. The van der Waals surface area contributed by atoms with Crippen LogP contribution < -0.4 is 10.6 Å². The molecule has 0 saturated carbocycles. The van der Waals surface area contributed by atoms with Gasteiger partial charge in [0.25, 0.3) is 5.91 Å². The number of carboxylic acid groups (broad SMARTS) is 1. The van der Waals surface area contributed by atoms with Crippen LogP contribution in [0.1, 0.15) is 38.1 Å². The number of benzene rings is 1. The Bertz CT molecular complexity index is 561. The summed E-state index contributed by atoms with van der Waals surface area (Å²) < 4.78 is 0. The Hall–Kier alpha value is -2.37. The van der Waals surface area contributed by atoms with Crippen LogP contribution >= 0.6 is 0 Å². The Morgan fingerprint density at radius 3 is 2.29 bits per heavy atom. The molecule has 0 aliphatic carbocycles. The maximum absolute atomic E-state index is 12.2. The number of amides is 2. The van der Waals surface area contributed by atoms with Crippen LogP contribution in [0.25, 0.3) is 0 Å². The fraction of sp³-hybridized carbons (Fsp3) is 0.400. The molecule has 114 valence electrons. The van der Waals surface area contributed by atoms with Crippen molar-refractivity contribution < 1.29 is 19.5 Å². The average Bonchev–Trinajstić information content (AvgIpc) is 2.33. The zero-order valence-corrected chi connectivity index (χ0v) is 12.6. The third kappa shape index (κ3) is 4.91. The summed E-state index contributed by atoms with van der Waals surface area (Å²) in [5.41, 5.74) is 0.158. The topological polar surface area (TPSA) is 95.5 Å². The first-order chi connectivity index (χ1) is 9.61. The van der Waals surface area contributed by atoms with Crippen molar-refractivity contribution in [2.45, 2.75) is 33.7 Å². The van der Waals surface area contributed by atoms with Crippen LogP contribution in [0.4, 0.5) is 5.69 Å². The van der Waals surface area contributed by atoms with Gasteiger partial charge in [-0.15, -0.1) is 0 Å². The number of nitrogens with one attached hydrogen (secondary N) is 2. The first-order valence-electron chi connectivity index (χ1n) is 6.52. The van der Waals surface area contributed by atoms with Gasteiger partial charge in [-0.1, -0.05) is 26.8 Å². The highest BCUT2D eigenvalue weighted by Crippen LogP contribution is 2.20. The molecule has 0 fully saturated rings. The van der Waals surface area contributed by atoms with Crippen molar-refractivity contribution in [1.29, 1.82) is 0 Å². The molecule has 2 amide bonds. The van der Waals surface area contributed by atoms with Crippen LogP contribution in [0, 0.1) is 5.41 Å². The number of rotatable bonds is 4. The standard InChI is InChI=1S/C15H20N2O4/c1-9(18)16-11-7-5-6-10(8-11)13(19)17-12(14(20)21)15(2,3)4/h5-8,12H,1-4H3,(H,16,18)(H,17,19)(H,20,21). The van der Waals surface area contributed by atoms with Crippen molar-refractivity contribution in [3.63, 3.8) is 0 Å². The van der Waals surface area contributed by atoms with E-state index in [9.17, 15) is 19.5 Å². The summed E-state index contributed by atoms with van der Waals surface area (Å²) in [5, 5.41) is 14.3. The summed E-state index contributed by atoms with van der Waals surface area (Å²) in [5.74, 6) is -1.83. The lowest BCUT2D eigenvalue weighted by molar-refractivity contribution is -0.142. The van der Waals surface area contributed by atoms with E-state index in [0.29, 0.717) is 5.69 Å².